The average Bonchev–Trinajstić information content (AvgIpc) is 2.26. The Morgan fingerprint density at radius 3 is 2.79 bits per heavy atom. The Labute approximate surface area is 127 Å². The van der Waals surface area contributed by atoms with E-state index in [1.165, 1.54) is 11.3 Å². The summed E-state index contributed by atoms with van der Waals surface area (Å²) >= 11 is 8.73. The van der Waals surface area contributed by atoms with Crippen molar-refractivity contribution in [2.75, 3.05) is 0 Å². The summed E-state index contributed by atoms with van der Waals surface area (Å²) in [4.78, 5) is 7.80. The first-order valence-electron chi connectivity index (χ1n) is 6.36. The summed E-state index contributed by atoms with van der Waals surface area (Å²) in [6, 6.07) is 10.2. The van der Waals surface area contributed by atoms with E-state index in [-0.39, 0.29) is 0 Å². The van der Waals surface area contributed by atoms with Gasteiger partial charge in [-0.3, -0.25) is 0 Å². The van der Waals surface area contributed by atoms with Crippen LogP contribution in [-0.4, -0.2) is 9.97 Å². The monoisotopic (exact) mass is 336 g/mol. The molecule has 0 aliphatic rings. The minimum Gasteiger partial charge on any atom is -0.347 e. The number of rotatable bonds is 4. The molecule has 100 valence electrons. The molecular formula is C15H17BrN2S. The highest BCUT2D eigenvalue weighted by molar-refractivity contribution is 9.10. The third-order valence-corrected chi connectivity index (χ3v) is 3.44. The second kappa shape index (κ2) is 6.44. The van der Waals surface area contributed by atoms with E-state index in [0.717, 1.165) is 23.1 Å². The summed E-state index contributed by atoms with van der Waals surface area (Å²) in [5, 5.41) is 0. The van der Waals surface area contributed by atoms with Gasteiger partial charge >= 0.3 is 0 Å². The van der Waals surface area contributed by atoms with Crippen LogP contribution in [0.15, 0.2) is 34.8 Å². The zero-order valence-electron chi connectivity index (χ0n) is 11.1. The van der Waals surface area contributed by atoms with Crippen molar-refractivity contribution >= 4 is 28.1 Å². The number of aromatic amines is 1. The smallest absolute Gasteiger partial charge is 0.130 e. The van der Waals surface area contributed by atoms with E-state index in [1.807, 2.05) is 18.2 Å². The molecular weight excluding hydrogens is 320 g/mol. The molecule has 0 bridgehead atoms. The minimum absolute atomic E-state index is 0.603. The van der Waals surface area contributed by atoms with Crippen LogP contribution < -0.4 is 0 Å². The zero-order valence-corrected chi connectivity index (χ0v) is 13.5. The van der Waals surface area contributed by atoms with Crippen molar-refractivity contribution in [3.63, 3.8) is 0 Å². The van der Waals surface area contributed by atoms with Gasteiger partial charge in [0.15, 0.2) is 0 Å². The molecule has 0 radical (unpaired) electrons. The first kappa shape index (κ1) is 14.4. The van der Waals surface area contributed by atoms with Crippen LogP contribution >= 0.6 is 28.1 Å². The van der Waals surface area contributed by atoms with Crippen LogP contribution in [0.5, 0.6) is 0 Å². The van der Waals surface area contributed by atoms with Gasteiger partial charge in [-0.15, -0.1) is 0 Å². The van der Waals surface area contributed by atoms with Gasteiger partial charge < -0.3 is 4.98 Å². The Morgan fingerprint density at radius 1 is 1.32 bits per heavy atom. The molecule has 0 aliphatic carbocycles. The Hall–Kier alpha value is -1.00. The molecule has 1 N–H and O–H groups in total. The lowest BCUT2D eigenvalue weighted by Gasteiger charge is -2.08. The van der Waals surface area contributed by atoms with Crippen LogP contribution in [-0.2, 0) is 12.8 Å². The standard InChI is InChI=1S/C15H17BrN2S/c1-10(2)6-13-9-15(19)18-14(17-13)8-11-4-3-5-12(16)7-11/h3-5,7,9-10H,6,8H2,1-2H3,(H,17,18,19). The summed E-state index contributed by atoms with van der Waals surface area (Å²) in [5.41, 5.74) is 2.38. The number of H-pyrrole nitrogens is 1. The van der Waals surface area contributed by atoms with Crippen molar-refractivity contribution in [2.45, 2.75) is 26.7 Å². The Kier molecular flexibility index (Phi) is 4.88. The van der Waals surface area contributed by atoms with Crippen LogP contribution in [0, 0.1) is 10.6 Å². The normalized spacial score (nSPS) is 10.9. The lowest BCUT2D eigenvalue weighted by atomic mass is 10.1. The van der Waals surface area contributed by atoms with E-state index in [4.69, 9.17) is 12.2 Å². The van der Waals surface area contributed by atoms with Crippen molar-refractivity contribution in [3.8, 4) is 0 Å². The number of nitrogens with one attached hydrogen (secondary N) is 1. The van der Waals surface area contributed by atoms with E-state index in [2.05, 4.69) is 51.9 Å². The maximum atomic E-state index is 5.24. The first-order chi connectivity index (χ1) is 9.02. The van der Waals surface area contributed by atoms with Crippen molar-refractivity contribution in [2.24, 2.45) is 5.92 Å². The fourth-order valence-electron chi connectivity index (χ4n) is 2.04. The third-order valence-electron chi connectivity index (χ3n) is 2.74. The van der Waals surface area contributed by atoms with E-state index in [0.29, 0.717) is 10.6 Å². The van der Waals surface area contributed by atoms with Crippen molar-refractivity contribution in [1.29, 1.82) is 0 Å². The molecule has 0 spiro atoms. The second-order valence-electron chi connectivity index (χ2n) is 5.10. The SMILES string of the molecule is CC(C)Cc1cc(=S)nc(Cc2cccc(Br)c2)[nH]1. The minimum atomic E-state index is 0.603. The van der Waals surface area contributed by atoms with E-state index >= 15 is 0 Å². The molecule has 2 nitrogen and oxygen atoms in total. The number of hydrogen-bond donors (Lipinski definition) is 1. The summed E-state index contributed by atoms with van der Waals surface area (Å²) in [7, 11) is 0. The van der Waals surface area contributed by atoms with Crippen LogP contribution in [0.1, 0.15) is 30.9 Å². The summed E-state index contributed by atoms with van der Waals surface area (Å²) in [5.74, 6) is 1.54. The number of nitrogens with zero attached hydrogens (tertiary/aromatic N) is 1. The lowest BCUT2D eigenvalue weighted by molar-refractivity contribution is 0.630. The fraction of sp³-hybridized carbons (Fsp3) is 0.333. The Morgan fingerprint density at radius 2 is 2.11 bits per heavy atom. The van der Waals surface area contributed by atoms with Crippen molar-refractivity contribution in [3.05, 3.63) is 56.5 Å². The van der Waals surface area contributed by atoms with Gasteiger partial charge in [0.25, 0.3) is 0 Å². The summed E-state index contributed by atoms with van der Waals surface area (Å²) in [6.45, 7) is 4.40. The maximum Gasteiger partial charge on any atom is 0.130 e. The third kappa shape index (κ3) is 4.55. The number of hydrogen-bond acceptors (Lipinski definition) is 2. The van der Waals surface area contributed by atoms with Gasteiger partial charge in [0.2, 0.25) is 0 Å². The average molecular weight is 337 g/mol. The molecule has 0 amide bonds. The first-order valence-corrected chi connectivity index (χ1v) is 7.56. The lowest BCUT2D eigenvalue weighted by Crippen LogP contribution is -2.03. The largest absolute Gasteiger partial charge is 0.347 e. The molecule has 0 aliphatic heterocycles. The Balaban J connectivity index is 2.25. The molecule has 2 aromatic rings. The van der Waals surface area contributed by atoms with Crippen LogP contribution in [0.3, 0.4) is 0 Å². The van der Waals surface area contributed by atoms with Crippen molar-refractivity contribution in [1.82, 2.24) is 9.97 Å². The predicted octanol–water partition coefficient (Wildman–Crippen LogP) is 4.69. The van der Waals surface area contributed by atoms with E-state index in [1.54, 1.807) is 0 Å². The molecule has 0 unspecified atom stereocenters. The molecule has 19 heavy (non-hydrogen) atoms. The predicted molar refractivity (Wildman–Crippen MR) is 84.9 cm³/mol. The van der Waals surface area contributed by atoms with Crippen LogP contribution in [0.25, 0.3) is 0 Å². The van der Waals surface area contributed by atoms with Crippen LogP contribution in [0.2, 0.25) is 0 Å². The number of benzene rings is 1. The molecule has 0 saturated carbocycles. The highest BCUT2D eigenvalue weighted by atomic mass is 79.9. The zero-order chi connectivity index (χ0) is 13.8. The van der Waals surface area contributed by atoms with Gasteiger partial charge in [-0.1, -0.05) is 54.1 Å². The molecule has 0 saturated heterocycles. The quantitative estimate of drug-likeness (QED) is 0.820. The molecule has 4 heteroatoms. The molecule has 0 fully saturated rings. The highest BCUT2D eigenvalue weighted by Crippen LogP contribution is 2.14. The maximum absolute atomic E-state index is 5.24. The van der Waals surface area contributed by atoms with Gasteiger partial charge in [0.1, 0.15) is 10.5 Å². The topological polar surface area (TPSA) is 28.7 Å². The van der Waals surface area contributed by atoms with Crippen LogP contribution in [0.4, 0.5) is 0 Å². The second-order valence-corrected chi connectivity index (χ2v) is 6.43. The highest BCUT2D eigenvalue weighted by Gasteiger charge is 2.03. The molecule has 1 aromatic carbocycles. The molecule has 1 aromatic heterocycles. The van der Waals surface area contributed by atoms with Gasteiger partial charge in [0.05, 0.1) is 0 Å². The van der Waals surface area contributed by atoms with Gasteiger partial charge in [-0.25, -0.2) is 4.98 Å². The molecule has 0 atom stereocenters. The van der Waals surface area contributed by atoms with Gasteiger partial charge in [-0.2, -0.15) is 0 Å². The fourth-order valence-corrected chi connectivity index (χ4v) is 2.74. The summed E-state index contributed by atoms with van der Waals surface area (Å²) < 4.78 is 1.75. The number of halogens is 1. The van der Waals surface area contributed by atoms with Gasteiger partial charge in [-0.05, 0) is 36.1 Å². The van der Waals surface area contributed by atoms with E-state index in [9.17, 15) is 0 Å². The number of aromatic nitrogens is 2. The van der Waals surface area contributed by atoms with Crippen molar-refractivity contribution < 1.29 is 0 Å². The molecule has 1 heterocycles. The van der Waals surface area contributed by atoms with E-state index < -0.39 is 0 Å². The Bertz CT molecular complexity index is 620. The van der Waals surface area contributed by atoms with Gasteiger partial charge in [0, 0.05) is 16.6 Å². The molecule has 2 rings (SSSR count). The summed E-state index contributed by atoms with van der Waals surface area (Å²) in [6.07, 6.45) is 1.77.